The summed E-state index contributed by atoms with van der Waals surface area (Å²) in [4.78, 5) is 16.8. The molecule has 88 valence electrons. The van der Waals surface area contributed by atoms with E-state index in [-0.39, 0.29) is 11.7 Å². The van der Waals surface area contributed by atoms with Gasteiger partial charge in [0.15, 0.2) is 5.13 Å². The Labute approximate surface area is 100 Å². The predicted octanol–water partition coefficient (Wildman–Crippen LogP) is 1.96. The summed E-state index contributed by atoms with van der Waals surface area (Å²) in [7, 11) is 0. The molecule has 0 unspecified atom stereocenters. The summed E-state index contributed by atoms with van der Waals surface area (Å²) in [5, 5.41) is 9.48. The molecule has 3 rings (SSSR count). The number of halogens is 1. The summed E-state index contributed by atoms with van der Waals surface area (Å²) < 4.78 is 14.0. The van der Waals surface area contributed by atoms with Crippen LogP contribution < -0.4 is 4.90 Å². The Kier molecular flexibility index (Phi) is 2.25. The minimum absolute atomic E-state index is 0.276. The van der Waals surface area contributed by atoms with Gasteiger partial charge in [-0.05, 0) is 12.1 Å². The van der Waals surface area contributed by atoms with Crippen LogP contribution in [0.1, 0.15) is 0 Å². The SMILES string of the molecule is O=C(O)C1CN(c2nc3cccc(F)c3s2)C1. The number of aliphatic carboxylic acids is 1. The van der Waals surface area contributed by atoms with Crippen molar-refractivity contribution in [2.45, 2.75) is 0 Å². The van der Waals surface area contributed by atoms with Crippen molar-refractivity contribution in [3.8, 4) is 0 Å². The third-order valence-corrected chi connectivity index (χ3v) is 4.00. The predicted molar refractivity (Wildman–Crippen MR) is 62.9 cm³/mol. The molecule has 0 spiro atoms. The van der Waals surface area contributed by atoms with E-state index >= 15 is 0 Å². The van der Waals surface area contributed by atoms with Crippen molar-refractivity contribution in [2.24, 2.45) is 5.92 Å². The highest BCUT2D eigenvalue weighted by molar-refractivity contribution is 7.22. The van der Waals surface area contributed by atoms with E-state index in [1.54, 1.807) is 12.1 Å². The Morgan fingerprint density at radius 2 is 2.29 bits per heavy atom. The molecule has 6 heteroatoms. The molecular weight excluding hydrogens is 243 g/mol. The lowest BCUT2D eigenvalue weighted by molar-refractivity contribution is -0.142. The van der Waals surface area contributed by atoms with Gasteiger partial charge in [-0.3, -0.25) is 4.79 Å². The van der Waals surface area contributed by atoms with Gasteiger partial charge in [0, 0.05) is 13.1 Å². The van der Waals surface area contributed by atoms with Gasteiger partial charge in [0.05, 0.1) is 16.1 Å². The van der Waals surface area contributed by atoms with Crippen LogP contribution >= 0.6 is 11.3 Å². The zero-order valence-corrected chi connectivity index (χ0v) is 9.58. The summed E-state index contributed by atoms with van der Waals surface area (Å²) in [6, 6.07) is 4.78. The minimum atomic E-state index is -0.784. The molecule has 0 atom stereocenters. The number of nitrogens with zero attached hydrogens (tertiary/aromatic N) is 2. The van der Waals surface area contributed by atoms with E-state index in [9.17, 15) is 9.18 Å². The molecule has 0 bridgehead atoms. The first-order valence-electron chi connectivity index (χ1n) is 5.18. The second-order valence-electron chi connectivity index (χ2n) is 4.02. The number of thiazole rings is 1. The number of anilines is 1. The molecule has 17 heavy (non-hydrogen) atoms. The van der Waals surface area contributed by atoms with E-state index in [1.807, 2.05) is 4.90 Å². The molecule has 1 aromatic carbocycles. The fraction of sp³-hybridized carbons (Fsp3) is 0.273. The van der Waals surface area contributed by atoms with Crippen molar-refractivity contribution in [1.82, 2.24) is 4.98 Å². The van der Waals surface area contributed by atoms with Gasteiger partial charge >= 0.3 is 5.97 Å². The number of aromatic nitrogens is 1. The highest BCUT2D eigenvalue weighted by Gasteiger charge is 2.34. The Bertz CT molecular complexity index is 592. The Morgan fingerprint density at radius 3 is 2.94 bits per heavy atom. The Morgan fingerprint density at radius 1 is 1.53 bits per heavy atom. The highest BCUT2D eigenvalue weighted by Crippen LogP contribution is 2.34. The number of rotatable bonds is 2. The van der Waals surface area contributed by atoms with Gasteiger partial charge in [0.1, 0.15) is 5.82 Å². The van der Waals surface area contributed by atoms with E-state index in [0.29, 0.717) is 28.4 Å². The molecule has 0 amide bonds. The van der Waals surface area contributed by atoms with Crippen LogP contribution in [0.4, 0.5) is 9.52 Å². The van der Waals surface area contributed by atoms with Gasteiger partial charge in [0.25, 0.3) is 0 Å². The Hall–Kier alpha value is -1.69. The van der Waals surface area contributed by atoms with Gasteiger partial charge in [-0.25, -0.2) is 9.37 Å². The van der Waals surface area contributed by atoms with Crippen molar-refractivity contribution in [3.05, 3.63) is 24.0 Å². The fourth-order valence-electron chi connectivity index (χ4n) is 1.83. The maximum absolute atomic E-state index is 13.4. The molecule has 2 heterocycles. The molecule has 1 fully saturated rings. The maximum Gasteiger partial charge on any atom is 0.310 e. The van der Waals surface area contributed by atoms with Crippen molar-refractivity contribution >= 4 is 32.7 Å². The second-order valence-corrected chi connectivity index (χ2v) is 5.00. The van der Waals surface area contributed by atoms with E-state index < -0.39 is 5.97 Å². The summed E-state index contributed by atoms with van der Waals surface area (Å²) in [6.07, 6.45) is 0. The number of carboxylic acid groups (broad SMARTS) is 1. The smallest absolute Gasteiger partial charge is 0.310 e. The van der Waals surface area contributed by atoms with Gasteiger partial charge in [-0.15, -0.1) is 0 Å². The molecule has 1 aliphatic heterocycles. The monoisotopic (exact) mass is 252 g/mol. The molecular formula is C11H9FN2O2S. The van der Waals surface area contributed by atoms with Crippen molar-refractivity contribution < 1.29 is 14.3 Å². The largest absolute Gasteiger partial charge is 0.481 e. The summed E-state index contributed by atoms with van der Waals surface area (Å²) in [5.74, 6) is -1.39. The average molecular weight is 252 g/mol. The van der Waals surface area contributed by atoms with E-state index in [0.717, 1.165) is 0 Å². The number of benzene rings is 1. The molecule has 1 aliphatic rings. The van der Waals surface area contributed by atoms with Crippen molar-refractivity contribution in [1.29, 1.82) is 0 Å². The molecule has 0 aliphatic carbocycles. The lowest BCUT2D eigenvalue weighted by atomic mass is 10.0. The number of hydrogen-bond donors (Lipinski definition) is 1. The van der Waals surface area contributed by atoms with Crippen LogP contribution in [0.3, 0.4) is 0 Å². The first-order chi connectivity index (χ1) is 8.15. The number of fused-ring (bicyclic) bond motifs is 1. The summed E-state index contributed by atoms with van der Waals surface area (Å²) in [5.41, 5.74) is 0.628. The zero-order valence-electron chi connectivity index (χ0n) is 8.76. The lowest BCUT2D eigenvalue weighted by Crippen LogP contribution is -2.50. The molecule has 1 saturated heterocycles. The third kappa shape index (κ3) is 1.64. The van der Waals surface area contributed by atoms with Gasteiger partial charge in [0.2, 0.25) is 0 Å². The zero-order chi connectivity index (χ0) is 12.0. The topological polar surface area (TPSA) is 53.4 Å². The van der Waals surface area contributed by atoms with Crippen molar-refractivity contribution in [2.75, 3.05) is 18.0 Å². The quantitative estimate of drug-likeness (QED) is 0.887. The summed E-state index contributed by atoms with van der Waals surface area (Å²) >= 11 is 1.27. The number of carboxylic acids is 1. The molecule has 0 radical (unpaired) electrons. The van der Waals surface area contributed by atoms with Crippen LogP contribution in [-0.2, 0) is 4.79 Å². The van der Waals surface area contributed by atoms with E-state index in [1.165, 1.54) is 17.4 Å². The van der Waals surface area contributed by atoms with Crippen LogP contribution in [-0.4, -0.2) is 29.1 Å². The van der Waals surface area contributed by atoms with Crippen LogP contribution in [0, 0.1) is 11.7 Å². The van der Waals surface area contributed by atoms with Crippen LogP contribution in [0.25, 0.3) is 10.2 Å². The summed E-state index contributed by atoms with van der Waals surface area (Å²) in [6.45, 7) is 0.910. The number of hydrogen-bond acceptors (Lipinski definition) is 4. The average Bonchev–Trinajstić information content (AvgIpc) is 2.59. The lowest BCUT2D eigenvalue weighted by Gasteiger charge is -2.36. The van der Waals surface area contributed by atoms with Gasteiger partial charge in [-0.2, -0.15) is 0 Å². The van der Waals surface area contributed by atoms with Crippen LogP contribution in [0.15, 0.2) is 18.2 Å². The number of carbonyl (C=O) groups is 1. The van der Waals surface area contributed by atoms with Crippen molar-refractivity contribution in [3.63, 3.8) is 0 Å². The molecule has 1 N–H and O–H groups in total. The first kappa shape index (κ1) is 10.5. The maximum atomic E-state index is 13.4. The third-order valence-electron chi connectivity index (χ3n) is 2.86. The van der Waals surface area contributed by atoms with E-state index in [4.69, 9.17) is 5.11 Å². The first-order valence-corrected chi connectivity index (χ1v) is 5.99. The van der Waals surface area contributed by atoms with E-state index in [2.05, 4.69) is 4.98 Å². The second kappa shape index (κ2) is 3.66. The van der Waals surface area contributed by atoms with Crippen LogP contribution in [0.2, 0.25) is 0 Å². The highest BCUT2D eigenvalue weighted by atomic mass is 32.1. The fourth-order valence-corrected chi connectivity index (χ4v) is 2.82. The Balaban J connectivity index is 1.88. The molecule has 2 aromatic rings. The molecule has 0 saturated carbocycles. The minimum Gasteiger partial charge on any atom is -0.481 e. The molecule has 1 aromatic heterocycles. The van der Waals surface area contributed by atoms with Crippen LogP contribution in [0.5, 0.6) is 0 Å². The standard InChI is InChI=1S/C11H9FN2O2S/c12-7-2-1-3-8-9(7)17-11(13-8)14-4-6(5-14)10(15)16/h1-3,6H,4-5H2,(H,15,16). The normalized spacial score (nSPS) is 16.2. The molecule has 4 nitrogen and oxygen atoms in total. The van der Waals surface area contributed by atoms with Gasteiger partial charge in [-0.1, -0.05) is 17.4 Å². The van der Waals surface area contributed by atoms with Gasteiger partial charge < -0.3 is 10.0 Å².